The largest absolute Gasteiger partial charge is 0.496 e. The second-order valence-corrected chi connectivity index (χ2v) is 5.03. The molecule has 0 heterocycles. The quantitative estimate of drug-likeness (QED) is 0.842. The Bertz CT molecular complexity index is 453. The highest BCUT2D eigenvalue weighted by molar-refractivity contribution is 5.77. The first-order valence-corrected chi connectivity index (χ1v) is 5.90. The summed E-state index contributed by atoms with van der Waals surface area (Å²) in [5, 5.41) is 12.1. The van der Waals surface area contributed by atoms with Crippen LogP contribution in [0.2, 0.25) is 0 Å². The third kappa shape index (κ3) is 3.23. The maximum atomic E-state index is 11.0. The number of rotatable bonds is 5. The van der Waals surface area contributed by atoms with Gasteiger partial charge in [-0.2, -0.15) is 0 Å². The molecule has 4 heteroatoms. The van der Waals surface area contributed by atoms with Crippen LogP contribution in [0, 0.1) is 13.8 Å². The van der Waals surface area contributed by atoms with Crippen LogP contribution in [-0.4, -0.2) is 23.7 Å². The lowest BCUT2D eigenvalue weighted by Crippen LogP contribution is -2.46. The van der Waals surface area contributed by atoms with E-state index in [1.54, 1.807) is 21.0 Å². The van der Waals surface area contributed by atoms with Crippen LogP contribution in [0.4, 0.5) is 0 Å². The minimum absolute atomic E-state index is 0.462. The van der Waals surface area contributed by atoms with Crippen molar-refractivity contribution in [3.05, 3.63) is 28.8 Å². The normalized spacial score (nSPS) is 11.4. The molecule has 0 saturated heterocycles. The van der Waals surface area contributed by atoms with Crippen LogP contribution in [0.3, 0.4) is 0 Å². The summed E-state index contributed by atoms with van der Waals surface area (Å²) in [6.07, 6.45) is 0. The van der Waals surface area contributed by atoms with Gasteiger partial charge in [-0.3, -0.25) is 10.1 Å². The van der Waals surface area contributed by atoms with E-state index in [1.807, 2.05) is 26.0 Å². The first kappa shape index (κ1) is 14.5. The predicted octanol–water partition coefficient (Wildman–Crippen LogP) is 2.26. The van der Waals surface area contributed by atoms with E-state index >= 15 is 0 Å². The van der Waals surface area contributed by atoms with Gasteiger partial charge in [-0.15, -0.1) is 0 Å². The van der Waals surface area contributed by atoms with Crippen LogP contribution in [-0.2, 0) is 11.3 Å². The number of hydrogen-bond acceptors (Lipinski definition) is 3. The minimum Gasteiger partial charge on any atom is -0.496 e. The van der Waals surface area contributed by atoms with E-state index in [0.29, 0.717) is 6.54 Å². The summed E-state index contributed by atoms with van der Waals surface area (Å²) in [6.45, 7) is 7.80. The summed E-state index contributed by atoms with van der Waals surface area (Å²) in [6, 6.07) is 4.00. The molecule has 0 aliphatic heterocycles. The lowest BCUT2D eigenvalue weighted by Gasteiger charge is -2.22. The zero-order chi connectivity index (χ0) is 13.9. The van der Waals surface area contributed by atoms with Crippen molar-refractivity contribution in [1.29, 1.82) is 0 Å². The second kappa shape index (κ2) is 5.40. The van der Waals surface area contributed by atoms with Gasteiger partial charge in [0, 0.05) is 12.1 Å². The van der Waals surface area contributed by atoms with Crippen molar-refractivity contribution in [2.24, 2.45) is 0 Å². The molecular weight excluding hydrogens is 230 g/mol. The Morgan fingerprint density at radius 2 is 1.89 bits per heavy atom. The van der Waals surface area contributed by atoms with Crippen molar-refractivity contribution in [3.63, 3.8) is 0 Å². The highest BCUT2D eigenvalue weighted by Gasteiger charge is 2.26. The molecule has 0 spiro atoms. The van der Waals surface area contributed by atoms with E-state index in [9.17, 15) is 4.79 Å². The van der Waals surface area contributed by atoms with E-state index in [2.05, 4.69) is 5.32 Å². The monoisotopic (exact) mass is 251 g/mol. The van der Waals surface area contributed by atoms with Gasteiger partial charge in [0.2, 0.25) is 0 Å². The average Bonchev–Trinajstić information content (AvgIpc) is 2.30. The van der Waals surface area contributed by atoms with Crippen LogP contribution in [0.1, 0.15) is 30.5 Å². The first-order valence-electron chi connectivity index (χ1n) is 5.90. The number of carboxylic acid groups (broad SMARTS) is 1. The van der Waals surface area contributed by atoms with Crippen molar-refractivity contribution in [2.45, 2.75) is 39.8 Å². The average molecular weight is 251 g/mol. The fourth-order valence-electron chi connectivity index (χ4n) is 1.57. The molecule has 0 unspecified atom stereocenters. The molecule has 0 aliphatic rings. The van der Waals surface area contributed by atoms with Gasteiger partial charge in [0.15, 0.2) is 0 Å². The third-order valence-corrected chi connectivity index (χ3v) is 3.15. The van der Waals surface area contributed by atoms with Gasteiger partial charge in [0.05, 0.1) is 7.11 Å². The Morgan fingerprint density at radius 3 is 2.39 bits per heavy atom. The summed E-state index contributed by atoms with van der Waals surface area (Å²) < 4.78 is 5.32. The van der Waals surface area contributed by atoms with E-state index in [4.69, 9.17) is 9.84 Å². The standard InChI is InChI=1S/C14H21NO3/c1-9-6-11(12(18-5)7-10(9)2)8-15-14(3,4)13(16)17/h6-7,15H,8H2,1-5H3,(H,16,17). The summed E-state index contributed by atoms with van der Waals surface area (Å²) in [5.74, 6) is -0.0860. The Balaban J connectivity index is 2.91. The molecule has 4 nitrogen and oxygen atoms in total. The van der Waals surface area contributed by atoms with Gasteiger partial charge in [-0.25, -0.2) is 0 Å². The zero-order valence-electron chi connectivity index (χ0n) is 11.6. The smallest absolute Gasteiger partial charge is 0.323 e. The van der Waals surface area contributed by atoms with E-state index in [1.165, 1.54) is 5.56 Å². The number of methoxy groups -OCH3 is 1. The fourth-order valence-corrected chi connectivity index (χ4v) is 1.57. The lowest BCUT2D eigenvalue weighted by molar-refractivity contribution is -0.143. The number of carbonyl (C=O) groups is 1. The maximum absolute atomic E-state index is 11.0. The molecule has 0 radical (unpaired) electrons. The summed E-state index contributed by atoms with van der Waals surface area (Å²) in [4.78, 5) is 11.0. The number of nitrogens with one attached hydrogen (secondary N) is 1. The summed E-state index contributed by atoms with van der Waals surface area (Å²) >= 11 is 0. The van der Waals surface area contributed by atoms with Gasteiger partial charge in [0.1, 0.15) is 11.3 Å². The van der Waals surface area contributed by atoms with Gasteiger partial charge in [0.25, 0.3) is 0 Å². The maximum Gasteiger partial charge on any atom is 0.323 e. The number of carboxylic acids is 1. The Hall–Kier alpha value is -1.55. The number of ether oxygens (including phenoxy) is 1. The van der Waals surface area contributed by atoms with Gasteiger partial charge in [-0.05, 0) is 44.9 Å². The van der Waals surface area contributed by atoms with Gasteiger partial charge in [-0.1, -0.05) is 6.07 Å². The molecule has 1 aromatic rings. The predicted molar refractivity (Wildman–Crippen MR) is 71.0 cm³/mol. The molecular formula is C14H21NO3. The Morgan fingerprint density at radius 1 is 1.33 bits per heavy atom. The van der Waals surface area contributed by atoms with Crippen LogP contribution >= 0.6 is 0 Å². The topological polar surface area (TPSA) is 58.6 Å². The molecule has 0 bridgehead atoms. The zero-order valence-corrected chi connectivity index (χ0v) is 11.6. The third-order valence-electron chi connectivity index (χ3n) is 3.15. The molecule has 2 N–H and O–H groups in total. The highest BCUT2D eigenvalue weighted by Crippen LogP contribution is 2.23. The molecule has 100 valence electrons. The van der Waals surface area contributed by atoms with Gasteiger partial charge >= 0.3 is 5.97 Å². The Kier molecular flexibility index (Phi) is 4.35. The lowest BCUT2D eigenvalue weighted by atomic mass is 10.0. The number of aliphatic carboxylic acids is 1. The number of aryl methyl sites for hydroxylation is 2. The van der Waals surface area contributed by atoms with E-state index in [-0.39, 0.29) is 0 Å². The number of benzene rings is 1. The molecule has 1 rings (SSSR count). The first-order chi connectivity index (χ1) is 8.27. The van der Waals surface area contributed by atoms with E-state index < -0.39 is 11.5 Å². The fraction of sp³-hybridized carbons (Fsp3) is 0.500. The molecule has 0 saturated carbocycles. The molecule has 0 amide bonds. The van der Waals surface area contributed by atoms with Crippen LogP contribution in [0.15, 0.2) is 12.1 Å². The molecule has 0 aromatic heterocycles. The SMILES string of the molecule is COc1cc(C)c(C)cc1CNC(C)(C)C(=O)O. The molecule has 0 fully saturated rings. The van der Waals surface area contributed by atoms with Crippen LogP contribution < -0.4 is 10.1 Å². The van der Waals surface area contributed by atoms with Crippen molar-refractivity contribution in [3.8, 4) is 5.75 Å². The molecule has 0 aliphatic carbocycles. The highest BCUT2D eigenvalue weighted by atomic mass is 16.5. The van der Waals surface area contributed by atoms with Crippen LogP contribution in [0.25, 0.3) is 0 Å². The number of hydrogen-bond donors (Lipinski definition) is 2. The molecule has 1 aromatic carbocycles. The van der Waals surface area contributed by atoms with Gasteiger partial charge < -0.3 is 9.84 Å². The second-order valence-electron chi connectivity index (χ2n) is 5.03. The summed E-state index contributed by atoms with van der Waals surface area (Å²) in [7, 11) is 1.62. The Labute approximate surface area is 108 Å². The van der Waals surface area contributed by atoms with Crippen LogP contribution in [0.5, 0.6) is 5.75 Å². The van der Waals surface area contributed by atoms with E-state index in [0.717, 1.165) is 16.9 Å². The van der Waals surface area contributed by atoms with Crippen molar-refractivity contribution in [2.75, 3.05) is 7.11 Å². The molecule has 18 heavy (non-hydrogen) atoms. The molecule has 0 atom stereocenters. The summed E-state index contributed by atoms with van der Waals surface area (Å²) in [5.41, 5.74) is 2.34. The minimum atomic E-state index is -0.955. The van der Waals surface area contributed by atoms with Crippen molar-refractivity contribution < 1.29 is 14.6 Å². The van der Waals surface area contributed by atoms with Crippen molar-refractivity contribution in [1.82, 2.24) is 5.32 Å². The van der Waals surface area contributed by atoms with Crippen molar-refractivity contribution >= 4 is 5.97 Å².